The van der Waals surface area contributed by atoms with E-state index in [1.54, 1.807) is 6.92 Å². The van der Waals surface area contributed by atoms with Crippen molar-refractivity contribution in [2.24, 2.45) is 5.92 Å². The highest BCUT2D eigenvalue weighted by Gasteiger charge is 2.23. The molecule has 0 aliphatic heterocycles. The first-order chi connectivity index (χ1) is 10.7. The Bertz CT molecular complexity index is 657. The number of hydrogen-bond acceptors (Lipinski definition) is 7. The van der Waals surface area contributed by atoms with Crippen molar-refractivity contribution in [2.75, 3.05) is 13.2 Å². The van der Waals surface area contributed by atoms with Gasteiger partial charge in [-0.25, -0.2) is 13.1 Å². The molecule has 0 aliphatic carbocycles. The number of ether oxygens (including phenoxy) is 1. The zero-order valence-electron chi connectivity index (χ0n) is 12.6. The van der Waals surface area contributed by atoms with Gasteiger partial charge in [0.15, 0.2) is 0 Å². The van der Waals surface area contributed by atoms with Crippen LogP contribution in [0.3, 0.4) is 0 Å². The Morgan fingerprint density at radius 3 is 2.39 bits per heavy atom. The third-order valence-corrected chi connectivity index (χ3v) is 4.51. The minimum Gasteiger partial charge on any atom is -0.461 e. The third kappa shape index (κ3) is 5.58. The third-order valence-electron chi connectivity index (χ3n) is 3.07. The lowest BCUT2D eigenvalue weighted by Gasteiger charge is -2.22. The topological polar surface area (TPSA) is 136 Å². The van der Waals surface area contributed by atoms with Crippen molar-refractivity contribution in [3.05, 3.63) is 34.4 Å². The van der Waals surface area contributed by atoms with Crippen LogP contribution in [0.5, 0.6) is 0 Å². The number of sulfonamides is 1. The van der Waals surface area contributed by atoms with E-state index in [0.717, 1.165) is 24.3 Å². The first kappa shape index (κ1) is 19.0. The van der Waals surface area contributed by atoms with Gasteiger partial charge < -0.3 is 9.84 Å². The second kappa shape index (κ2) is 7.99. The fourth-order valence-electron chi connectivity index (χ4n) is 1.71. The lowest BCUT2D eigenvalue weighted by molar-refractivity contribution is -0.384. The first-order valence-electron chi connectivity index (χ1n) is 6.69. The zero-order chi connectivity index (χ0) is 17.6. The summed E-state index contributed by atoms with van der Waals surface area (Å²) in [6, 6.07) is 4.37. The molecule has 1 aromatic rings. The van der Waals surface area contributed by atoms with Crippen molar-refractivity contribution in [3.8, 4) is 0 Å². The maximum Gasteiger partial charge on any atom is 0.302 e. The predicted octanol–water partition coefficient (Wildman–Crippen LogP) is 0.433. The van der Waals surface area contributed by atoms with Crippen LogP contribution in [0.1, 0.15) is 13.8 Å². The summed E-state index contributed by atoms with van der Waals surface area (Å²) >= 11 is 0. The van der Waals surface area contributed by atoms with Gasteiger partial charge in [-0.2, -0.15) is 0 Å². The molecule has 0 aliphatic rings. The Labute approximate surface area is 133 Å². The molecule has 1 aromatic carbocycles. The van der Waals surface area contributed by atoms with E-state index < -0.39 is 32.9 Å². The number of hydrogen-bond donors (Lipinski definition) is 2. The quantitative estimate of drug-likeness (QED) is 0.396. The minimum atomic E-state index is -3.92. The Morgan fingerprint density at radius 1 is 1.39 bits per heavy atom. The number of nitro benzene ring substituents is 1. The molecule has 9 nitrogen and oxygen atoms in total. The number of nitro groups is 1. The molecule has 0 saturated carbocycles. The molecule has 128 valence electrons. The maximum atomic E-state index is 12.1. The molecule has 0 bridgehead atoms. The van der Waals surface area contributed by atoms with Gasteiger partial charge in [0.05, 0.1) is 9.82 Å². The van der Waals surface area contributed by atoms with Crippen LogP contribution in [0.25, 0.3) is 0 Å². The summed E-state index contributed by atoms with van der Waals surface area (Å²) < 4.78 is 31.5. The number of rotatable bonds is 8. The number of aliphatic hydroxyl groups is 1. The van der Waals surface area contributed by atoms with Gasteiger partial charge in [0.1, 0.15) is 6.10 Å². The minimum absolute atomic E-state index is 0.152. The van der Waals surface area contributed by atoms with E-state index in [1.807, 2.05) is 0 Å². The van der Waals surface area contributed by atoms with E-state index in [2.05, 4.69) is 4.72 Å². The van der Waals surface area contributed by atoms with Crippen LogP contribution in [0.4, 0.5) is 5.69 Å². The highest BCUT2D eigenvalue weighted by atomic mass is 32.2. The highest BCUT2D eigenvalue weighted by Crippen LogP contribution is 2.16. The lowest BCUT2D eigenvalue weighted by Crippen LogP contribution is -2.39. The van der Waals surface area contributed by atoms with Crippen LogP contribution in [0.2, 0.25) is 0 Å². The first-order valence-corrected chi connectivity index (χ1v) is 8.18. The number of carbonyl (C=O) groups is 1. The standard InChI is InChI=1S/C13H18N2O7S/c1-9(8-16)13(22-10(2)17)7-14-23(20,21)12-5-3-11(4-6-12)15(18)19/h3-6,9,13-14,16H,7-8H2,1-2H3/t9-,13+/m1/s1. The summed E-state index contributed by atoms with van der Waals surface area (Å²) in [5.41, 5.74) is -0.226. The average Bonchev–Trinajstić information content (AvgIpc) is 2.50. The van der Waals surface area contributed by atoms with E-state index in [9.17, 15) is 23.3 Å². The lowest BCUT2D eigenvalue weighted by atomic mass is 10.1. The summed E-state index contributed by atoms with van der Waals surface area (Å²) in [6.07, 6.45) is -0.828. The van der Waals surface area contributed by atoms with Crippen molar-refractivity contribution in [3.63, 3.8) is 0 Å². The van der Waals surface area contributed by atoms with E-state index >= 15 is 0 Å². The fourth-order valence-corrected chi connectivity index (χ4v) is 2.76. The molecule has 0 unspecified atom stereocenters. The molecular weight excluding hydrogens is 328 g/mol. The number of carbonyl (C=O) groups excluding carboxylic acids is 1. The Morgan fingerprint density at radius 2 is 1.96 bits per heavy atom. The van der Waals surface area contributed by atoms with Crippen LogP contribution in [0, 0.1) is 16.0 Å². The number of nitrogens with one attached hydrogen (secondary N) is 1. The average molecular weight is 346 g/mol. The summed E-state index contributed by atoms with van der Waals surface area (Å²) in [6.45, 7) is 2.29. The van der Waals surface area contributed by atoms with Gasteiger partial charge in [0.2, 0.25) is 10.0 Å². The molecule has 0 spiro atoms. The molecule has 0 amide bonds. The number of non-ortho nitro benzene ring substituents is 1. The van der Waals surface area contributed by atoms with E-state index in [4.69, 9.17) is 9.84 Å². The van der Waals surface area contributed by atoms with Gasteiger partial charge in [-0.05, 0) is 12.1 Å². The molecule has 10 heteroatoms. The Balaban J connectivity index is 2.83. The zero-order valence-corrected chi connectivity index (χ0v) is 13.4. The monoisotopic (exact) mass is 346 g/mol. The molecule has 23 heavy (non-hydrogen) atoms. The fraction of sp³-hybridized carbons (Fsp3) is 0.462. The maximum absolute atomic E-state index is 12.1. The van der Waals surface area contributed by atoms with Crippen LogP contribution in [-0.4, -0.2) is 43.7 Å². The van der Waals surface area contributed by atoms with E-state index in [-0.39, 0.29) is 23.7 Å². The predicted molar refractivity (Wildman–Crippen MR) is 80.1 cm³/mol. The Hall–Kier alpha value is -2.04. The molecule has 0 fully saturated rings. The Kier molecular flexibility index (Phi) is 6.61. The molecule has 1 rings (SSSR count). The molecule has 0 aromatic heterocycles. The van der Waals surface area contributed by atoms with Gasteiger partial charge in [-0.3, -0.25) is 14.9 Å². The van der Waals surface area contributed by atoms with Crippen molar-refractivity contribution < 1.29 is 28.0 Å². The summed E-state index contributed by atoms with van der Waals surface area (Å²) in [5.74, 6) is -1.05. The normalized spacial score (nSPS) is 14.0. The number of benzene rings is 1. The SMILES string of the molecule is CC(=O)O[C@@H](CNS(=O)(=O)c1ccc([N+](=O)[O-])cc1)[C@H](C)CO. The molecule has 0 radical (unpaired) electrons. The van der Waals surface area contributed by atoms with Crippen molar-refractivity contribution >= 4 is 21.7 Å². The van der Waals surface area contributed by atoms with Crippen LogP contribution >= 0.6 is 0 Å². The second-order valence-corrected chi connectivity index (χ2v) is 6.68. The van der Waals surface area contributed by atoms with Crippen LogP contribution in [-0.2, 0) is 19.6 Å². The van der Waals surface area contributed by atoms with E-state index in [1.165, 1.54) is 6.92 Å². The van der Waals surface area contributed by atoms with Crippen molar-refractivity contribution in [1.82, 2.24) is 4.72 Å². The molecular formula is C13H18N2O7S. The van der Waals surface area contributed by atoms with Crippen LogP contribution in [0.15, 0.2) is 29.2 Å². The largest absolute Gasteiger partial charge is 0.461 e. The summed E-state index contributed by atoms with van der Waals surface area (Å²) in [5, 5.41) is 19.7. The molecule has 2 atom stereocenters. The summed E-state index contributed by atoms with van der Waals surface area (Å²) in [7, 11) is -3.92. The van der Waals surface area contributed by atoms with E-state index in [0.29, 0.717) is 0 Å². The van der Waals surface area contributed by atoms with Gasteiger partial charge in [-0.1, -0.05) is 6.92 Å². The molecule has 2 N–H and O–H groups in total. The van der Waals surface area contributed by atoms with Crippen molar-refractivity contribution in [1.29, 1.82) is 0 Å². The van der Waals surface area contributed by atoms with Gasteiger partial charge in [0, 0.05) is 38.1 Å². The second-order valence-electron chi connectivity index (χ2n) is 4.91. The summed E-state index contributed by atoms with van der Waals surface area (Å²) in [4.78, 5) is 20.8. The molecule has 0 heterocycles. The number of aliphatic hydroxyl groups excluding tert-OH is 1. The van der Waals surface area contributed by atoms with Crippen molar-refractivity contribution in [2.45, 2.75) is 24.8 Å². The van der Waals surface area contributed by atoms with Gasteiger partial charge >= 0.3 is 5.97 Å². The number of nitrogens with zero attached hydrogens (tertiary/aromatic N) is 1. The highest BCUT2D eigenvalue weighted by molar-refractivity contribution is 7.89. The smallest absolute Gasteiger partial charge is 0.302 e. The van der Waals surface area contributed by atoms with Crippen LogP contribution < -0.4 is 4.72 Å². The number of esters is 1. The molecule has 0 saturated heterocycles. The van der Waals surface area contributed by atoms with Gasteiger partial charge in [-0.15, -0.1) is 0 Å². The van der Waals surface area contributed by atoms with Gasteiger partial charge in [0.25, 0.3) is 5.69 Å².